The second-order valence-corrected chi connectivity index (χ2v) is 9.92. The van der Waals surface area contributed by atoms with E-state index in [1.807, 2.05) is 36.5 Å². The van der Waals surface area contributed by atoms with Gasteiger partial charge >= 0.3 is 0 Å². The summed E-state index contributed by atoms with van der Waals surface area (Å²) >= 11 is 0. The molecule has 188 valence electrons. The predicted octanol–water partition coefficient (Wildman–Crippen LogP) is 5.58. The summed E-state index contributed by atoms with van der Waals surface area (Å²) in [5.74, 6) is 0. The van der Waals surface area contributed by atoms with Gasteiger partial charge in [-0.3, -0.25) is 14.9 Å². The molecule has 0 bridgehead atoms. The molecule has 0 unspecified atom stereocenters. The van der Waals surface area contributed by atoms with Gasteiger partial charge in [0.05, 0.1) is 22.6 Å². The van der Waals surface area contributed by atoms with Crippen molar-refractivity contribution in [2.45, 2.75) is 32.4 Å². The lowest BCUT2D eigenvalue weighted by Crippen LogP contribution is -2.41. The van der Waals surface area contributed by atoms with E-state index in [1.165, 1.54) is 12.8 Å². The lowest BCUT2D eigenvalue weighted by Gasteiger charge is -2.35. The highest BCUT2D eigenvalue weighted by atomic mass is 15.2. The fraction of sp³-hybridized carbons (Fsp3) is 0.300. The SMILES string of the molecule is Cc1c(Nc2c(C#N)cncc2C=Cc2cccc(CN3CCC(N(C)C)CC3)n2)ccc2[nH]ccc12. The Morgan fingerprint density at radius 2 is 1.97 bits per heavy atom. The number of pyridine rings is 2. The zero-order valence-electron chi connectivity index (χ0n) is 21.7. The third-order valence-corrected chi connectivity index (χ3v) is 7.29. The van der Waals surface area contributed by atoms with Gasteiger partial charge in [0.15, 0.2) is 0 Å². The molecule has 0 amide bonds. The number of hydrogen-bond donors (Lipinski definition) is 2. The summed E-state index contributed by atoms with van der Waals surface area (Å²) in [7, 11) is 4.34. The molecular weight excluding hydrogens is 458 g/mol. The van der Waals surface area contributed by atoms with E-state index in [0.717, 1.165) is 64.4 Å². The van der Waals surface area contributed by atoms with E-state index in [0.29, 0.717) is 11.6 Å². The molecule has 1 fully saturated rings. The van der Waals surface area contributed by atoms with Crippen LogP contribution >= 0.6 is 0 Å². The number of aromatic nitrogens is 3. The van der Waals surface area contributed by atoms with Crippen LogP contribution in [0.15, 0.2) is 55.0 Å². The summed E-state index contributed by atoms with van der Waals surface area (Å²) in [6.07, 6.45) is 11.7. The normalized spacial score (nSPS) is 15.0. The van der Waals surface area contributed by atoms with Crippen molar-refractivity contribution in [1.29, 1.82) is 5.26 Å². The maximum Gasteiger partial charge on any atom is 0.103 e. The van der Waals surface area contributed by atoms with E-state index >= 15 is 0 Å². The second-order valence-electron chi connectivity index (χ2n) is 9.92. The van der Waals surface area contributed by atoms with Crippen molar-refractivity contribution in [3.05, 3.63) is 83.1 Å². The average Bonchev–Trinajstić information content (AvgIpc) is 3.40. The summed E-state index contributed by atoms with van der Waals surface area (Å²) < 4.78 is 0. The van der Waals surface area contributed by atoms with Crippen molar-refractivity contribution in [3.8, 4) is 6.07 Å². The number of benzene rings is 1. The largest absolute Gasteiger partial charge is 0.361 e. The first-order valence-electron chi connectivity index (χ1n) is 12.8. The van der Waals surface area contributed by atoms with E-state index in [1.54, 1.807) is 12.4 Å². The van der Waals surface area contributed by atoms with Gasteiger partial charge in [0.2, 0.25) is 0 Å². The molecule has 7 nitrogen and oxygen atoms in total. The molecule has 1 aromatic carbocycles. The van der Waals surface area contributed by atoms with E-state index in [9.17, 15) is 5.26 Å². The topological polar surface area (TPSA) is 83.9 Å². The van der Waals surface area contributed by atoms with Crippen molar-refractivity contribution in [3.63, 3.8) is 0 Å². The van der Waals surface area contributed by atoms with Crippen molar-refractivity contribution in [2.24, 2.45) is 0 Å². The first-order chi connectivity index (χ1) is 18.0. The number of piperidine rings is 1. The van der Waals surface area contributed by atoms with Crippen LogP contribution in [0.1, 0.15) is 40.9 Å². The van der Waals surface area contributed by atoms with Crippen LogP contribution in [0, 0.1) is 18.3 Å². The molecule has 0 aliphatic carbocycles. The number of nitrogens with zero attached hydrogens (tertiary/aromatic N) is 5. The summed E-state index contributed by atoms with van der Waals surface area (Å²) in [5.41, 5.74) is 7.21. The van der Waals surface area contributed by atoms with Crippen LogP contribution in [0.5, 0.6) is 0 Å². The standard InChI is InChI=1S/C30H33N7/c1-21-27-11-14-33-29(27)10-9-28(21)35-30-22(18-32-19-23(30)17-31)7-8-24-5-4-6-25(34-24)20-37-15-12-26(13-16-37)36(2)3/h4-11,14,18-19,26,33H,12-13,15-16,20H2,1-3H3,(H,32,35). The van der Waals surface area contributed by atoms with Crippen LogP contribution in [-0.4, -0.2) is 58.0 Å². The Bertz CT molecular complexity index is 1450. The predicted molar refractivity (Wildman–Crippen MR) is 150 cm³/mol. The van der Waals surface area contributed by atoms with Crippen molar-refractivity contribution in [2.75, 3.05) is 32.5 Å². The van der Waals surface area contributed by atoms with Gasteiger partial charge in [-0.2, -0.15) is 5.26 Å². The molecule has 0 saturated carbocycles. The van der Waals surface area contributed by atoms with Gasteiger partial charge in [0.25, 0.3) is 0 Å². The minimum Gasteiger partial charge on any atom is -0.361 e. The number of nitriles is 1. The minimum atomic E-state index is 0.499. The van der Waals surface area contributed by atoms with Gasteiger partial charge in [-0.1, -0.05) is 6.07 Å². The molecule has 7 heteroatoms. The first-order valence-corrected chi connectivity index (χ1v) is 12.8. The summed E-state index contributed by atoms with van der Waals surface area (Å²) in [6.45, 7) is 5.14. The highest BCUT2D eigenvalue weighted by molar-refractivity contribution is 5.90. The van der Waals surface area contributed by atoms with Gasteiger partial charge in [0.1, 0.15) is 6.07 Å². The van der Waals surface area contributed by atoms with Gasteiger partial charge in [-0.25, -0.2) is 0 Å². The van der Waals surface area contributed by atoms with Gasteiger partial charge in [-0.05, 0) is 81.9 Å². The third kappa shape index (κ3) is 5.56. The van der Waals surface area contributed by atoms with E-state index < -0.39 is 0 Å². The molecule has 0 spiro atoms. The molecule has 4 aromatic rings. The van der Waals surface area contributed by atoms with Crippen molar-refractivity contribution < 1.29 is 0 Å². The maximum atomic E-state index is 9.77. The van der Waals surface area contributed by atoms with Crippen LogP contribution in [0.3, 0.4) is 0 Å². The number of fused-ring (bicyclic) bond motifs is 1. The van der Waals surface area contributed by atoms with Gasteiger partial charge in [0, 0.05) is 66.4 Å². The Labute approximate surface area is 218 Å². The van der Waals surface area contributed by atoms with Crippen LogP contribution in [0.25, 0.3) is 23.1 Å². The van der Waals surface area contributed by atoms with Crippen LogP contribution in [-0.2, 0) is 6.54 Å². The molecule has 4 heterocycles. The second kappa shape index (κ2) is 11.0. The summed E-state index contributed by atoms with van der Waals surface area (Å²) in [5, 5.41) is 14.4. The molecule has 3 aromatic heterocycles. The number of H-pyrrole nitrogens is 1. The number of likely N-dealkylation sites (tertiary alicyclic amines) is 1. The zero-order valence-corrected chi connectivity index (χ0v) is 21.7. The fourth-order valence-corrected chi connectivity index (χ4v) is 5.06. The van der Waals surface area contributed by atoms with E-state index in [2.05, 4.69) is 70.4 Å². The Kier molecular flexibility index (Phi) is 7.31. The number of anilines is 2. The Hall–Kier alpha value is -3.99. The Balaban J connectivity index is 1.35. The molecule has 1 aliphatic heterocycles. The molecule has 2 N–H and O–H groups in total. The highest BCUT2D eigenvalue weighted by Crippen LogP contribution is 2.31. The lowest BCUT2D eigenvalue weighted by molar-refractivity contribution is 0.139. The first kappa shape index (κ1) is 24.7. The highest BCUT2D eigenvalue weighted by Gasteiger charge is 2.20. The maximum absolute atomic E-state index is 9.77. The minimum absolute atomic E-state index is 0.499. The molecule has 1 aliphatic rings. The van der Waals surface area contributed by atoms with Crippen LogP contribution < -0.4 is 5.32 Å². The fourth-order valence-electron chi connectivity index (χ4n) is 5.06. The molecular formula is C30H33N7. The van der Waals surface area contributed by atoms with Crippen molar-refractivity contribution in [1.82, 2.24) is 24.8 Å². The molecule has 5 rings (SSSR count). The zero-order chi connectivity index (χ0) is 25.8. The number of rotatable bonds is 7. The number of hydrogen-bond acceptors (Lipinski definition) is 6. The molecule has 1 saturated heterocycles. The lowest BCUT2D eigenvalue weighted by atomic mass is 10.0. The quantitative estimate of drug-likeness (QED) is 0.351. The monoisotopic (exact) mass is 491 g/mol. The Morgan fingerprint density at radius 3 is 2.76 bits per heavy atom. The third-order valence-electron chi connectivity index (χ3n) is 7.29. The van der Waals surface area contributed by atoms with Crippen LogP contribution in [0.2, 0.25) is 0 Å². The summed E-state index contributed by atoms with van der Waals surface area (Å²) in [4.78, 5) is 17.3. The van der Waals surface area contributed by atoms with Gasteiger partial charge in [-0.15, -0.1) is 0 Å². The van der Waals surface area contributed by atoms with E-state index in [4.69, 9.17) is 4.98 Å². The van der Waals surface area contributed by atoms with Crippen LogP contribution in [0.4, 0.5) is 11.4 Å². The molecule has 0 radical (unpaired) electrons. The molecule has 0 atom stereocenters. The van der Waals surface area contributed by atoms with Gasteiger partial charge < -0.3 is 15.2 Å². The molecule has 37 heavy (non-hydrogen) atoms. The number of nitrogens with one attached hydrogen (secondary N) is 2. The van der Waals surface area contributed by atoms with E-state index in [-0.39, 0.29) is 0 Å². The average molecular weight is 492 g/mol. The smallest absolute Gasteiger partial charge is 0.103 e. The number of aromatic amines is 1. The van der Waals surface area contributed by atoms with Crippen molar-refractivity contribution >= 4 is 34.4 Å². The summed E-state index contributed by atoms with van der Waals surface area (Å²) in [6, 6.07) is 15.3. The number of aryl methyl sites for hydroxylation is 1. The Morgan fingerprint density at radius 1 is 1.14 bits per heavy atom.